The number of hydrogen-bond donors (Lipinski definition) is 2. The molecule has 1 fully saturated rings. The van der Waals surface area contributed by atoms with Crippen molar-refractivity contribution in [2.45, 2.75) is 25.9 Å². The first-order chi connectivity index (χ1) is 8.97. The molecular formula is C11H19BN4O3. The summed E-state index contributed by atoms with van der Waals surface area (Å²) in [6.45, 7) is 6.07. The first-order valence-corrected chi connectivity index (χ1v) is 6.29. The lowest BCUT2D eigenvalue weighted by molar-refractivity contribution is 0.169. The molecule has 2 atom stereocenters. The SMILES string of the molecule is C[C@@H]1CN(c2ncc(OB(O)O)cn2)C[C@H](C)N1C. The van der Waals surface area contributed by atoms with E-state index in [1.165, 1.54) is 12.4 Å². The Hall–Kier alpha value is -1.38. The molecule has 0 unspecified atom stereocenters. The molecular weight excluding hydrogens is 247 g/mol. The number of anilines is 1. The Bertz CT molecular complexity index is 405. The molecule has 2 N–H and O–H groups in total. The van der Waals surface area contributed by atoms with E-state index < -0.39 is 7.32 Å². The molecule has 1 aromatic rings. The van der Waals surface area contributed by atoms with Crippen molar-refractivity contribution in [2.75, 3.05) is 25.0 Å². The van der Waals surface area contributed by atoms with Crippen LogP contribution in [0, 0.1) is 0 Å². The van der Waals surface area contributed by atoms with Gasteiger partial charge < -0.3 is 19.6 Å². The quantitative estimate of drug-likeness (QED) is 0.704. The third-order valence-corrected chi connectivity index (χ3v) is 3.50. The summed E-state index contributed by atoms with van der Waals surface area (Å²) >= 11 is 0. The lowest BCUT2D eigenvalue weighted by atomic mass is 10.1. The standard InChI is InChI=1S/C11H19BN4O3/c1-8-6-16(7-9(2)15(8)3)11-13-4-10(5-14-11)19-12(17)18/h4-5,8-9,17-18H,6-7H2,1-3H3/t8-,9+. The second-order valence-electron chi connectivity index (χ2n) is 4.93. The highest BCUT2D eigenvalue weighted by Gasteiger charge is 2.27. The predicted molar refractivity (Wildman–Crippen MR) is 71.8 cm³/mol. The molecule has 104 valence electrons. The maximum atomic E-state index is 8.68. The van der Waals surface area contributed by atoms with Crippen LogP contribution in [-0.4, -0.2) is 64.5 Å². The molecule has 0 amide bonds. The van der Waals surface area contributed by atoms with Crippen LogP contribution in [-0.2, 0) is 0 Å². The normalized spacial score (nSPS) is 24.4. The lowest BCUT2D eigenvalue weighted by Crippen LogP contribution is -2.55. The predicted octanol–water partition coefficient (Wildman–Crippen LogP) is -0.646. The van der Waals surface area contributed by atoms with Crippen LogP contribution in [0.4, 0.5) is 5.95 Å². The van der Waals surface area contributed by atoms with Gasteiger partial charge >= 0.3 is 7.32 Å². The van der Waals surface area contributed by atoms with E-state index in [4.69, 9.17) is 10.0 Å². The van der Waals surface area contributed by atoms with Crippen LogP contribution in [0.1, 0.15) is 13.8 Å². The topological polar surface area (TPSA) is 82.0 Å². The molecule has 7 nitrogen and oxygen atoms in total. The minimum atomic E-state index is -1.85. The van der Waals surface area contributed by atoms with E-state index in [0.29, 0.717) is 18.0 Å². The zero-order chi connectivity index (χ0) is 14.0. The molecule has 19 heavy (non-hydrogen) atoms. The van der Waals surface area contributed by atoms with E-state index in [1.54, 1.807) is 0 Å². The molecule has 1 aliphatic heterocycles. The van der Waals surface area contributed by atoms with Crippen molar-refractivity contribution in [3.63, 3.8) is 0 Å². The minimum Gasteiger partial charge on any atom is -0.509 e. The fourth-order valence-corrected chi connectivity index (χ4v) is 2.22. The number of likely N-dealkylation sites (N-methyl/N-ethyl adjacent to an activating group) is 1. The van der Waals surface area contributed by atoms with Crippen molar-refractivity contribution in [1.29, 1.82) is 0 Å². The molecule has 1 saturated heterocycles. The van der Waals surface area contributed by atoms with Crippen LogP contribution in [0.2, 0.25) is 0 Å². The van der Waals surface area contributed by atoms with E-state index in [2.05, 4.69) is 45.3 Å². The molecule has 0 saturated carbocycles. The van der Waals surface area contributed by atoms with Crippen LogP contribution in [0.15, 0.2) is 12.4 Å². The van der Waals surface area contributed by atoms with Gasteiger partial charge in [-0.15, -0.1) is 0 Å². The molecule has 0 aromatic carbocycles. The molecule has 2 rings (SSSR count). The summed E-state index contributed by atoms with van der Waals surface area (Å²) in [5.74, 6) is 0.862. The first kappa shape index (κ1) is 14.0. The van der Waals surface area contributed by atoms with Gasteiger partial charge in [-0.25, -0.2) is 9.97 Å². The van der Waals surface area contributed by atoms with E-state index >= 15 is 0 Å². The van der Waals surface area contributed by atoms with Crippen molar-refractivity contribution >= 4 is 13.3 Å². The minimum absolute atomic E-state index is 0.231. The smallest absolute Gasteiger partial charge is 0.509 e. The summed E-state index contributed by atoms with van der Waals surface area (Å²) in [6.07, 6.45) is 2.88. The largest absolute Gasteiger partial charge is 0.707 e. The van der Waals surface area contributed by atoms with Crippen LogP contribution in [0.3, 0.4) is 0 Å². The number of aromatic nitrogens is 2. The van der Waals surface area contributed by atoms with Crippen molar-refractivity contribution in [2.24, 2.45) is 0 Å². The van der Waals surface area contributed by atoms with Gasteiger partial charge in [0.05, 0.1) is 12.4 Å². The molecule has 0 spiro atoms. The zero-order valence-electron chi connectivity index (χ0n) is 11.4. The second kappa shape index (κ2) is 5.73. The summed E-state index contributed by atoms with van der Waals surface area (Å²) in [5.41, 5.74) is 0. The van der Waals surface area contributed by atoms with Crippen LogP contribution >= 0.6 is 0 Å². The Labute approximate surface area is 113 Å². The Morgan fingerprint density at radius 2 is 1.74 bits per heavy atom. The van der Waals surface area contributed by atoms with E-state index in [9.17, 15) is 0 Å². The maximum Gasteiger partial charge on any atom is 0.707 e. The number of nitrogens with zero attached hydrogens (tertiary/aromatic N) is 4. The molecule has 0 bridgehead atoms. The Morgan fingerprint density at radius 3 is 2.21 bits per heavy atom. The van der Waals surface area contributed by atoms with Crippen LogP contribution in [0.5, 0.6) is 5.75 Å². The van der Waals surface area contributed by atoms with Gasteiger partial charge in [0.2, 0.25) is 5.95 Å². The third-order valence-electron chi connectivity index (χ3n) is 3.50. The van der Waals surface area contributed by atoms with Gasteiger partial charge in [-0.1, -0.05) is 0 Å². The molecule has 1 aliphatic rings. The van der Waals surface area contributed by atoms with Crippen LogP contribution in [0.25, 0.3) is 0 Å². The number of hydrogen-bond acceptors (Lipinski definition) is 7. The zero-order valence-corrected chi connectivity index (χ0v) is 11.4. The highest BCUT2D eigenvalue weighted by Crippen LogP contribution is 2.19. The number of piperazine rings is 1. The van der Waals surface area contributed by atoms with Crippen molar-refractivity contribution < 1.29 is 14.7 Å². The summed E-state index contributed by atoms with van der Waals surface area (Å²) in [5, 5.41) is 17.4. The molecule has 0 aliphatic carbocycles. The summed E-state index contributed by atoms with van der Waals surface area (Å²) in [4.78, 5) is 12.8. The summed E-state index contributed by atoms with van der Waals surface area (Å²) < 4.78 is 4.68. The average Bonchev–Trinajstić information content (AvgIpc) is 2.35. The van der Waals surface area contributed by atoms with Crippen molar-refractivity contribution in [3.8, 4) is 5.75 Å². The fourth-order valence-electron chi connectivity index (χ4n) is 2.22. The van der Waals surface area contributed by atoms with E-state index in [1.807, 2.05) is 0 Å². The number of rotatable bonds is 3. The maximum absolute atomic E-state index is 8.68. The van der Waals surface area contributed by atoms with Crippen LogP contribution < -0.4 is 9.55 Å². The second-order valence-corrected chi connectivity index (χ2v) is 4.93. The van der Waals surface area contributed by atoms with Gasteiger partial charge in [-0.3, -0.25) is 4.90 Å². The van der Waals surface area contributed by atoms with Gasteiger partial charge in [0, 0.05) is 25.2 Å². The average molecular weight is 266 g/mol. The highest BCUT2D eigenvalue weighted by molar-refractivity contribution is 6.33. The molecule has 1 aromatic heterocycles. The van der Waals surface area contributed by atoms with Crippen molar-refractivity contribution in [3.05, 3.63) is 12.4 Å². The Kier molecular flexibility index (Phi) is 4.23. The van der Waals surface area contributed by atoms with Gasteiger partial charge in [0.25, 0.3) is 0 Å². The summed E-state index contributed by atoms with van der Waals surface area (Å²) in [7, 11) is 0.269. The molecule has 8 heteroatoms. The fraction of sp³-hybridized carbons (Fsp3) is 0.636. The first-order valence-electron chi connectivity index (χ1n) is 6.29. The van der Waals surface area contributed by atoms with Gasteiger partial charge in [0.1, 0.15) is 5.75 Å². The van der Waals surface area contributed by atoms with Gasteiger partial charge in [-0.05, 0) is 20.9 Å². The molecule has 2 heterocycles. The lowest BCUT2D eigenvalue weighted by Gasteiger charge is -2.42. The van der Waals surface area contributed by atoms with Gasteiger partial charge in [0.15, 0.2) is 0 Å². The van der Waals surface area contributed by atoms with E-state index in [0.717, 1.165) is 13.1 Å². The Balaban J connectivity index is 2.06. The Morgan fingerprint density at radius 1 is 1.21 bits per heavy atom. The molecule has 0 radical (unpaired) electrons. The summed E-state index contributed by atoms with van der Waals surface area (Å²) in [6, 6.07) is 0.866. The monoisotopic (exact) mass is 266 g/mol. The van der Waals surface area contributed by atoms with E-state index in [-0.39, 0.29) is 5.75 Å². The third kappa shape index (κ3) is 3.34. The highest BCUT2D eigenvalue weighted by atomic mass is 16.6. The van der Waals surface area contributed by atoms with Crippen molar-refractivity contribution in [1.82, 2.24) is 14.9 Å². The van der Waals surface area contributed by atoms with Gasteiger partial charge in [-0.2, -0.15) is 0 Å².